The molecule has 0 radical (unpaired) electrons. The van der Waals surface area contributed by atoms with E-state index in [2.05, 4.69) is 71.5 Å². The van der Waals surface area contributed by atoms with Gasteiger partial charge in [0.1, 0.15) is 0 Å². The molecule has 0 saturated carbocycles. The van der Waals surface area contributed by atoms with Crippen molar-refractivity contribution in [3.63, 3.8) is 0 Å². The summed E-state index contributed by atoms with van der Waals surface area (Å²) in [6, 6.07) is 16.2. The van der Waals surface area contributed by atoms with Gasteiger partial charge in [0, 0.05) is 37.4 Å². The van der Waals surface area contributed by atoms with Gasteiger partial charge < -0.3 is 5.32 Å². The molecule has 2 aromatic carbocycles. The molecular weight excluding hydrogens is 318 g/mol. The molecular formula is C23H27N3. The third kappa shape index (κ3) is 3.64. The van der Waals surface area contributed by atoms with Crippen molar-refractivity contribution in [2.24, 2.45) is 0 Å². The van der Waals surface area contributed by atoms with Gasteiger partial charge in [-0.05, 0) is 55.5 Å². The fourth-order valence-electron chi connectivity index (χ4n) is 4.18. The van der Waals surface area contributed by atoms with Gasteiger partial charge in [-0.25, -0.2) is 0 Å². The number of pyridine rings is 1. The summed E-state index contributed by atoms with van der Waals surface area (Å²) in [5.74, 6) is 0. The Hall–Kier alpha value is -2.23. The summed E-state index contributed by atoms with van der Waals surface area (Å²) in [6.45, 7) is 8.76. The van der Waals surface area contributed by atoms with Crippen molar-refractivity contribution in [1.82, 2.24) is 15.2 Å². The molecule has 3 heteroatoms. The molecule has 3 aromatic rings. The summed E-state index contributed by atoms with van der Waals surface area (Å²) < 4.78 is 0. The number of nitrogens with zero attached hydrogens (tertiary/aromatic N) is 2. The van der Waals surface area contributed by atoms with E-state index in [1.165, 1.54) is 39.4 Å². The molecule has 1 atom stereocenters. The highest BCUT2D eigenvalue weighted by molar-refractivity contribution is 5.82. The lowest BCUT2D eigenvalue weighted by molar-refractivity contribution is 0.241. The summed E-state index contributed by atoms with van der Waals surface area (Å²) in [6.07, 6.45) is 5.02. The third-order valence-corrected chi connectivity index (χ3v) is 5.28. The second-order valence-electron chi connectivity index (χ2n) is 7.45. The van der Waals surface area contributed by atoms with E-state index in [1.54, 1.807) is 0 Å². The first-order chi connectivity index (χ1) is 12.7. The maximum Gasteiger partial charge on any atom is 0.0602 e. The fourth-order valence-corrected chi connectivity index (χ4v) is 4.18. The van der Waals surface area contributed by atoms with Crippen LogP contribution < -0.4 is 5.32 Å². The second-order valence-corrected chi connectivity index (χ2v) is 7.45. The van der Waals surface area contributed by atoms with Crippen molar-refractivity contribution in [1.29, 1.82) is 0 Å². The SMILES string of the molecule is Cc1cc(C)cc(C(c2ccc3cnccc3c2)N2CCCNCC2)c1. The van der Waals surface area contributed by atoms with E-state index in [0.29, 0.717) is 6.04 Å². The molecule has 0 aliphatic carbocycles. The molecule has 4 rings (SSSR count). The molecule has 26 heavy (non-hydrogen) atoms. The minimum Gasteiger partial charge on any atom is -0.315 e. The van der Waals surface area contributed by atoms with E-state index >= 15 is 0 Å². The van der Waals surface area contributed by atoms with Crippen molar-refractivity contribution in [3.8, 4) is 0 Å². The van der Waals surface area contributed by atoms with E-state index in [0.717, 1.165) is 26.2 Å². The summed E-state index contributed by atoms with van der Waals surface area (Å²) in [5.41, 5.74) is 5.44. The van der Waals surface area contributed by atoms with Gasteiger partial charge in [0.15, 0.2) is 0 Å². The first kappa shape index (κ1) is 17.2. The van der Waals surface area contributed by atoms with Crippen molar-refractivity contribution in [2.75, 3.05) is 26.2 Å². The van der Waals surface area contributed by atoms with Crippen LogP contribution in [0.3, 0.4) is 0 Å². The van der Waals surface area contributed by atoms with Crippen LogP contribution in [0.4, 0.5) is 0 Å². The van der Waals surface area contributed by atoms with Crippen LogP contribution in [0.5, 0.6) is 0 Å². The molecule has 0 bridgehead atoms. The van der Waals surface area contributed by atoms with Gasteiger partial charge in [-0.15, -0.1) is 0 Å². The first-order valence-electron chi connectivity index (χ1n) is 9.57. The molecule has 1 fully saturated rings. The lowest BCUT2D eigenvalue weighted by atomic mass is 9.93. The standard InChI is InChI=1S/C23H27N3/c1-17-12-18(2)14-22(13-17)23(26-10-3-7-24-9-11-26)20-4-5-21-16-25-8-6-19(21)15-20/h4-6,8,12-16,23-24H,3,7,9-11H2,1-2H3. The molecule has 1 aliphatic rings. The Labute approximate surface area is 156 Å². The summed E-state index contributed by atoms with van der Waals surface area (Å²) >= 11 is 0. The Morgan fingerprint density at radius 3 is 2.58 bits per heavy atom. The second kappa shape index (κ2) is 7.56. The van der Waals surface area contributed by atoms with Crippen molar-refractivity contribution in [3.05, 3.63) is 77.1 Å². The van der Waals surface area contributed by atoms with E-state index in [1.807, 2.05) is 12.4 Å². The number of aromatic nitrogens is 1. The number of nitrogens with one attached hydrogen (secondary N) is 1. The fraction of sp³-hybridized carbons (Fsp3) is 0.348. The minimum absolute atomic E-state index is 0.297. The molecule has 1 aromatic heterocycles. The highest BCUT2D eigenvalue weighted by atomic mass is 15.2. The van der Waals surface area contributed by atoms with Gasteiger partial charge in [-0.1, -0.05) is 41.5 Å². The molecule has 0 spiro atoms. The third-order valence-electron chi connectivity index (χ3n) is 5.28. The Morgan fingerprint density at radius 1 is 0.885 bits per heavy atom. The zero-order valence-corrected chi connectivity index (χ0v) is 15.7. The maximum atomic E-state index is 4.25. The van der Waals surface area contributed by atoms with Crippen LogP contribution in [0, 0.1) is 13.8 Å². The molecule has 1 aliphatic heterocycles. The highest BCUT2D eigenvalue weighted by Gasteiger charge is 2.24. The molecule has 2 heterocycles. The van der Waals surface area contributed by atoms with Crippen LogP contribution in [0.2, 0.25) is 0 Å². The average Bonchev–Trinajstić information content (AvgIpc) is 2.90. The van der Waals surface area contributed by atoms with E-state index < -0.39 is 0 Å². The zero-order valence-electron chi connectivity index (χ0n) is 15.7. The number of rotatable bonds is 3. The molecule has 0 amide bonds. The molecule has 134 valence electrons. The first-order valence-corrected chi connectivity index (χ1v) is 9.57. The molecule has 1 unspecified atom stereocenters. The number of hydrogen-bond donors (Lipinski definition) is 1. The Morgan fingerprint density at radius 2 is 1.73 bits per heavy atom. The lowest BCUT2D eigenvalue weighted by Crippen LogP contribution is -2.33. The van der Waals surface area contributed by atoms with Gasteiger partial charge in [0.2, 0.25) is 0 Å². The van der Waals surface area contributed by atoms with Crippen LogP contribution >= 0.6 is 0 Å². The van der Waals surface area contributed by atoms with Crippen LogP contribution in [0.15, 0.2) is 54.9 Å². The number of aryl methyl sites for hydroxylation is 2. The minimum atomic E-state index is 0.297. The molecule has 1 saturated heterocycles. The van der Waals surface area contributed by atoms with Crippen LogP contribution in [-0.4, -0.2) is 36.1 Å². The van der Waals surface area contributed by atoms with Crippen molar-refractivity contribution >= 4 is 10.8 Å². The van der Waals surface area contributed by atoms with Gasteiger partial charge in [-0.2, -0.15) is 0 Å². The molecule has 3 nitrogen and oxygen atoms in total. The van der Waals surface area contributed by atoms with Crippen LogP contribution in [0.25, 0.3) is 10.8 Å². The van der Waals surface area contributed by atoms with Crippen LogP contribution in [-0.2, 0) is 0 Å². The smallest absolute Gasteiger partial charge is 0.0602 e. The van der Waals surface area contributed by atoms with E-state index in [4.69, 9.17) is 0 Å². The number of fused-ring (bicyclic) bond motifs is 1. The lowest BCUT2D eigenvalue weighted by Gasteiger charge is -2.32. The predicted octanol–water partition coefficient (Wildman–Crippen LogP) is 4.24. The molecule has 1 N–H and O–H groups in total. The predicted molar refractivity (Wildman–Crippen MR) is 109 cm³/mol. The Balaban J connectivity index is 1.82. The summed E-state index contributed by atoms with van der Waals surface area (Å²) in [5, 5.41) is 6.00. The van der Waals surface area contributed by atoms with Crippen molar-refractivity contribution in [2.45, 2.75) is 26.3 Å². The quantitative estimate of drug-likeness (QED) is 0.770. The number of benzene rings is 2. The van der Waals surface area contributed by atoms with Crippen LogP contribution in [0.1, 0.15) is 34.7 Å². The largest absolute Gasteiger partial charge is 0.315 e. The highest BCUT2D eigenvalue weighted by Crippen LogP contribution is 2.32. The van der Waals surface area contributed by atoms with Gasteiger partial charge >= 0.3 is 0 Å². The zero-order chi connectivity index (χ0) is 17.9. The maximum absolute atomic E-state index is 4.25. The monoisotopic (exact) mass is 345 g/mol. The Kier molecular flexibility index (Phi) is 5.00. The average molecular weight is 345 g/mol. The van der Waals surface area contributed by atoms with Gasteiger partial charge in [-0.3, -0.25) is 9.88 Å². The number of hydrogen-bond acceptors (Lipinski definition) is 3. The summed E-state index contributed by atoms with van der Waals surface area (Å²) in [4.78, 5) is 6.89. The summed E-state index contributed by atoms with van der Waals surface area (Å²) in [7, 11) is 0. The van der Waals surface area contributed by atoms with Gasteiger partial charge in [0.05, 0.1) is 6.04 Å². The van der Waals surface area contributed by atoms with E-state index in [-0.39, 0.29) is 0 Å². The van der Waals surface area contributed by atoms with E-state index in [9.17, 15) is 0 Å². The normalized spacial score (nSPS) is 17.2. The topological polar surface area (TPSA) is 28.2 Å². The Bertz CT molecular complexity index is 875. The van der Waals surface area contributed by atoms with Gasteiger partial charge in [0.25, 0.3) is 0 Å². The van der Waals surface area contributed by atoms with Crippen molar-refractivity contribution < 1.29 is 0 Å².